The normalized spacial score (nSPS) is 14.1. The molecule has 0 radical (unpaired) electrons. The summed E-state index contributed by atoms with van der Waals surface area (Å²) in [6.07, 6.45) is -0.496. The zero-order chi connectivity index (χ0) is 9.78. The third-order valence-corrected chi connectivity index (χ3v) is 2.36. The number of aliphatic hydroxyl groups excluding tert-OH is 1. The molecular formula is C8H17NO2S. The lowest BCUT2D eigenvalue weighted by Crippen LogP contribution is -2.41. The molecule has 0 bridgehead atoms. The van der Waals surface area contributed by atoms with E-state index in [1.165, 1.54) is 0 Å². The highest BCUT2D eigenvalue weighted by Crippen LogP contribution is 2.16. The zero-order valence-electron chi connectivity index (χ0n) is 7.79. The zero-order valence-corrected chi connectivity index (χ0v) is 8.69. The molecule has 4 heteroatoms. The number of rotatable bonds is 4. The molecule has 0 aromatic rings. The molecule has 0 aromatic heterocycles. The van der Waals surface area contributed by atoms with Gasteiger partial charge in [0, 0.05) is 12.3 Å². The number of hydrogen-bond acceptors (Lipinski definition) is 3. The Hall–Kier alpha value is -0.220. The first-order valence-electron chi connectivity index (χ1n) is 3.97. The van der Waals surface area contributed by atoms with E-state index in [9.17, 15) is 4.79 Å². The first-order valence-corrected chi connectivity index (χ1v) is 4.60. The predicted octanol–water partition coefficient (Wildman–Crippen LogP) is 0.439. The van der Waals surface area contributed by atoms with Gasteiger partial charge in [-0.2, -0.15) is 12.6 Å². The lowest BCUT2D eigenvalue weighted by atomic mass is 9.95. The van der Waals surface area contributed by atoms with Gasteiger partial charge in [0.15, 0.2) is 0 Å². The van der Waals surface area contributed by atoms with E-state index in [0.717, 1.165) is 0 Å². The average molecular weight is 191 g/mol. The second-order valence-corrected chi connectivity index (χ2v) is 3.92. The van der Waals surface area contributed by atoms with Crippen LogP contribution in [0.4, 0.5) is 0 Å². The third kappa shape index (κ3) is 3.97. The largest absolute Gasteiger partial charge is 0.392 e. The van der Waals surface area contributed by atoms with Gasteiger partial charge < -0.3 is 10.4 Å². The molecule has 72 valence electrons. The minimum Gasteiger partial charge on any atom is -0.392 e. The van der Waals surface area contributed by atoms with E-state index in [-0.39, 0.29) is 5.91 Å². The van der Waals surface area contributed by atoms with Gasteiger partial charge in [0.1, 0.15) is 0 Å². The molecule has 0 heterocycles. The average Bonchev–Trinajstić information content (AvgIpc) is 2.00. The Labute approximate surface area is 79.0 Å². The van der Waals surface area contributed by atoms with Crippen LogP contribution in [-0.4, -0.2) is 29.4 Å². The Kier molecular flexibility index (Phi) is 4.63. The van der Waals surface area contributed by atoms with Crippen LogP contribution in [0.1, 0.15) is 20.8 Å². The van der Waals surface area contributed by atoms with Crippen LogP contribution in [0.25, 0.3) is 0 Å². The quantitative estimate of drug-likeness (QED) is 0.565. The Bertz CT molecular complexity index is 157. The van der Waals surface area contributed by atoms with Crippen molar-refractivity contribution in [2.45, 2.75) is 26.9 Å². The van der Waals surface area contributed by atoms with Gasteiger partial charge in [-0.25, -0.2) is 0 Å². The molecule has 0 spiro atoms. The van der Waals surface area contributed by atoms with Gasteiger partial charge >= 0.3 is 0 Å². The van der Waals surface area contributed by atoms with Gasteiger partial charge in [-0.15, -0.1) is 0 Å². The van der Waals surface area contributed by atoms with Gasteiger partial charge in [0.2, 0.25) is 5.91 Å². The monoisotopic (exact) mass is 191 g/mol. The number of carbonyl (C=O) groups excluding carboxylic acids is 1. The van der Waals surface area contributed by atoms with Crippen molar-refractivity contribution in [3.63, 3.8) is 0 Å². The molecule has 0 rings (SSSR count). The van der Waals surface area contributed by atoms with Crippen molar-refractivity contribution in [3.05, 3.63) is 0 Å². The van der Waals surface area contributed by atoms with Crippen LogP contribution in [0.15, 0.2) is 0 Å². The molecule has 0 fully saturated rings. The summed E-state index contributed by atoms with van der Waals surface area (Å²) in [5.74, 6) is 0.428. The molecule has 0 aromatic carbocycles. The van der Waals surface area contributed by atoms with E-state index in [4.69, 9.17) is 5.11 Å². The fourth-order valence-corrected chi connectivity index (χ4v) is 0.695. The van der Waals surface area contributed by atoms with Gasteiger partial charge in [-0.05, 0) is 6.92 Å². The van der Waals surface area contributed by atoms with E-state index in [1.807, 2.05) is 13.8 Å². The van der Waals surface area contributed by atoms with E-state index in [0.29, 0.717) is 12.3 Å². The topological polar surface area (TPSA) is 49.3 Å². The molecule has 0 aliphatic carbocycles. The summed E-state index contributed by atoms with van der Waals surface area (Å²) in [4.78, 5) is 11.3. The van der Waals surface area contributed by atoms with Crippen LogP contribution >= 0.6 is 12.6 Å². The summed E-state index contributed by atoms with van der Waals surface area (Å²) in [6.45, 7) is 5.57. The Morgan fingerprint density at radius 3 is 2.50 bits per heavy atom. The Morgan fingerprint density at radius 1 is 1.67 bits per heavy atom. The highest BCUT2D eigenvalue weighted by molar-refractivity contribution is 7.80. The molecule has 3 nitrogen and oxygen atoms in total. The minimum atomic E-state index is -0.496. The summed E-state index contributed by atoms with van der Waals surface area (Å²) in [5.41, 5.74) is -0.460. The molecule has 0 saturated carbocycles. The van der Waals surface area contributed by atoms with Gasteiger partial charge in [0.05, 0.1) is 11.5 Å². The summed E-state index contributed by atoms with van der Waals surface area (Å²) in [6, 6.07) is 0. The molecule has 0 saturated heterocycles. The van der Waals surface area contributed by atoms with Gasteiger partial charge in [0.25, 0.3) is 0 Å². The lowest BCUT2D eigenvalue weighted by molar-refractivity contribution is -0.128. The summed E-state index contributed by atoms with van der Waals surface area (Å²) in [7, 11) is 0. The summed E-state index contributed by atoms with van der Waals surface area (Å²) < 4.78 is 0. The maximum absolute atomic E-state index is 11.3. The van der Waals surface area contributed by atoms with Crippen molar-refractivity contribution < 1.29 is 9.90 Å². The SMILES string of the molecule is CC(O)CNC(=O)C(C)(C)CS. The summed E-state index contributed by atoms with van der Waals surface area (Å²) >= 11 is 4.06. The highest BCUT2D eigenvalue weighted by Gasteiger charge is 2.25. The van der Waals surface area contributed by atoms with Crippen LogP contribution in [0, 0.1) is 5.41 Å². The number of nitrogens with one attached hydrogen (secondary N) is 1. The van der Waals surface area contributed by atoms with Crippen LogP contribution in [-0.2, 0) is 4.79 Å². The highest BCUT2D eigenvalue weighted by atomic mass is 32.1. The fraction of sp³-hybridized carbons (Fsp3) is 0.875. The molecule has 1 amide bonds. The molecule has 1 unspecified atom stereocenters. The molecule has 0 aliphatic heterocycles. The Balaban J connectivity index is 3.88. The molecule has 12 heavy (non-hydrogen) atoms. The predicted molar refractivity (Wildman–Crippen MR) is 52.3 cm³/mol. The van der Waals surface area contributed by atoms with E-state index in [1.54, 1.807) is 6.92 Å². The first-order chi connectivity index (χ1) is 5.40. The molecule has 0 aliphatic rings. The van der Waals surface area contributed by atoms with Gasteiger partial charge in [-0.3, -0.25) is 4.79 Å². The second-order valence-electron chi connectivity index (χ2n) is 3.60. The van der Waals surface area contributed by atoms with Crippen molar-refractivity contribution >= 4 is 18.5 Å². The third-order valence-electron chi connectivity index (χ3n) is 1.57. The van der Waals surface area contributed by atoms with Crippen molar-refractivity contribution in [2.24, 2.45) is 5.41 Å². The lowest BCUT2D eigenvalue weighted by Gasteiger charge is -2.21. The maximum atomic E-state index is 11.3. The smallest absolute Gasteiger partial charge is 0.226 e. The van der Waals surface area contributed by atoms with Crippen LogP contribution in [0.3, 0.4) is 0 Å². The van der Waals surface area contributed by atoms with Gasteiger partial charge in [-0.1, -0.05) is 13.8 Å². The second kappa shape index (κ2) is 4.72. The van der Waals surface area contributed by atoms with Crippen LogP contribution < -0.4 is 5.32 Å². The van der Waals surface area contributed by atoms with Crippen molar-refractivity contribution in [2.75, 3.05) is 12.3 Å². The fourth-order valence-electron chi connectivity index (χ4n) is 0.551. The number of thiol groups is 1. The first kappa shape index (κ1) is 11.8. The minimum absolute atomic E-state index is 0.0709. The van der Waals surface area contributed by atoms with Crippen molar-refractivity contribution in [1.82, 2.24) is 5.32 Å². The number of hydrogen-bond donors (Lipinski definition) is 3. The molecular weight excluding hydrogens is 174 g/mol. The van der Waals surface area contributed by atoms with E-state index in [2.05, 4.69) is 17.9 Å². The van der Waals surface area contributed by atoms with E-state index >= 15 is 0 Å². The number of amides is 1. The maximum Gasteiger partial charge on any atom is 0.226 e. The number of aliphatic hydroxyl groups is 1. The van der Waals surface area contributed by atoms with Crippen LogP contribution in [0.2, 0.25) is 0 Å². The van der Waals surface area contributed by atoms with Crippen molar-refractivity contribution in [1.29, 1.82) is 0 Å². The standard InChI is InChI=1S/C8H17NO2S/c1-6(10)4-9-7(11)8(2,3)5-12/h6,10,12H,4-5H2,1-3H3,(H,9,11). The Morgan fingerprint density at radius 2 is 2.17 bits per heavy atom. The van der Waals surface area contributed by atoms with E-state index < -0.39 is 11.5 Å². The van der Waals surface area contributed by atoms with Crippen molar-refractivity contribution in [3.8, 4) is 0 Å². The molecule has 1 atom stereocenters. The molecule has 2 N–H and O–H groups in total. The summed E-state index contributed by atoms with van der Waals surface area (Å²) in [5, 5.41) is 11.5. The van der Waals surface area contributed by atoms with Crippen LogP contribution in [0.5, 0.6) is 0 Å². The number of carbonyl (C=O) groups is 1.